The highest BCUT2D eigenvalue weighted by Gasteiger charge is 2.14. The van der Waals surface area contributed by atoms with Gasteiger partial charge >= 0.3 is 0 Å². The largest absolute Gasteiger partial charge is 0.255 e. The molecular weight excluding hydrogens is 308 g/mol. The second kappa shape index (κ2) is 6.61. The minimum atomic E-state index is 0.838. The molecule has 4 aromatic rings. The summed E-state index contributed by atoms with van der Waals surface area (Å²) in [4.78, 5) is 13.8. The predicted molar refractivity (Wildman–Crippen MR) is 97.3 cm³/mol. The molecule has 0 amide bonds. The minimum Gasteiger partial charge on any atom is -0.255 e. The Bertz CT molecular complexity index is 1010. The zero-order valence-electron chi connectivity index (χ0n) is 13.9. The number of nitrogens with zero attached hydrogens (tertiary/aromatic N) is 4. The summed E-state index contributed by atoms with van der Waals surface area (Å²) in [5.74, 6) is 0. The highest BCUT2D eigenvalue weighted by molar-refractivity contribution is 5.77. The van der Waals surface area contributed by atoms with Gasteiger partial charge in [0.05, 0.1) is 17.1 Å². The van der Waals surface area contributed by atoms with Crippen LogP contribution in [0.4, 0.5) is 0 Å². The quantitative estimate of drug-likeness (QED) is 0.539. The summed E-state index contributed by atoms with van der Waals surface area (Å²) < 4.78 is 2.06. The lowest BCUT2D eigenvalue weighted by atomic mass is 10.1. The smallest absolute Gasteiger partial charge is 0.230 e. The number of rotatable bonds is 3. The van der Waals surface area contributed by atoms with E-state index in [1.54, 1.807) is 12.4 Å². The monoisotopic (exact) mass is 325 g/mol. The molecule has 0 aliphatic rings. The topological polar surface area (TPSA) is 42.5 Å². The van der Waals surface area contributed by atoms with Gasteiger partial charge in [-0.15, -0.1) is 0 Å². The molecule has 0 unspecified atom stereocenters. The maximum absolute atomic E-state index is 4.87. The molecule has 4 nitrogen and oxygen atoms in total. The van der Waals surface area contributed by atoms with Crippen LogP contribution < -0.4 is 4.57 Å². The number of aromatic nitrogens is 4. The van der Waals surface area contributed by atoms with Crippen LogP contribution in [0.5, 0.6) is 0 Å². The van der Waals surface area contributed by atoms with Crippen molar-refractivity contribution in [1.82, 2.24) is 15.0 Å². The summed E-state index contributed by atoms with van der Waals surface area (Å²) in [7, 11) is 2.02. The second-order valence-electron chi connectivity index (χ2n) is 5.72. The molecule has 0 saturated heterocycles. The number of pyridine rings is 4. The Morgan fingerprint density at radius 1 is 0.680 bits per heavy atom. The average molecular weight is 325 g/mol. The van der Waals surface area contributed by atoms with Crippen LogP contribution in [0.2, 0.25) is 0 Å². The first-order valence-corrected chi connectivity index (χ1v) is 8.12. The van der Waals surface area contributed by atoms with Crippen molar-refractivity contribution in [2.24, 2.45) is 7.05 Å². The number of hydrogen-bond acceptors (Lipinski definition) is 3. The van der Waals surface area contributed by atoms with E-state index in [0.717, 1.165) is 34.0 Å². The molecule has 0 fully saturated rings. The molecule has 4 heteroatoms. The van der Waals surface area contributed by atoms with Gasteiger partial charge in [0.1, 0.15) is 12.7 Å². The van der Waals surface area contributed by atoms with Crippen LogP contribution in [0, 0.1) is 0 Å². The zero-order valence-corrected chi connectivity index (χ0v) is 13.9. The van der Waals surface area contributed by atoms with Gasteiger partial charge in [0.15, 0.2) is 6.20 Å². The van der Waals surface area contributed by atoms with Gasteiger partial charge in [0.2, 0.25) is 5.69 Å². The van der Waals surface area contributed by atoms with Gasteiger partial charge in [-0.25, -0.2) is 4.98 Å². The van der Waals surface area contributed by atoms with E-state index in [9.17, 15) is 0 Å². The summed E-state index contributed by atoms with van der Waals surface area (Å²) in [6.07, 6.45) is 5.59. The first-order valence-electron chi connectivity index (χ1n) is 8.12. The Morgan fingerprint density at radius 3 is 2.32 bits per heavy atom. The van der Waals surface area contributed by atoms with E-state index in [-0.39, 0.29) is 0 Å². The van der Waals surface area contributed by atoms with E-state index in [1.807, 2.05) is 73.9 Å². The lowest BCUT2D eigenvalue weighted by molar-refractivity contribution is -0.660. The Balaban J connectivity index is 1.85. The van der Waals surface area contributed by atoms with Gasteiger partial charge < -0.3 is 0 Å². The van der Waals surface area contributed by atoms with Gasteiger partial charge in [-0.3, -0.25) is 9.97 Å². The molecule has 0 radical (unpaired) electrons. The lowest BCUT2D eigenvalue weighted by Gasteiger charge is -2.08. The highest BCUT2D eigenvalue weighted by atomic mass is 14.9. The van der Waals surface area contributed by atoms with E-state index in [2.05, 4.69) is 20.6 Å². The third-order valence-electron chi connectivity index (χ3n) is 4.06. The molecule has 4 heterocycles. The van der Waals surface area contributed by atoms with Crippen LogP contribution in [0.25, 0.3) is 34.0 Å². The number of aryl methyl sites for hydroxylation is 1. The first kappa shape index (κ1) is 15.1. The fraction of sp³-hybridized carbons (Fsp3) is 0.0476. The number of hydrogen-bond donors (Lipinski definition) is 0. The average Bonchev–Trinajstić information content (AvgIpc) is 2.69. The minimum absolute atomic E-state index is 0.838. The molecule has 4 rings (SSSR count). The molecule has 0 saturated carbocycles. The van der Waals surface area contributed by atoms with Gasteiger partial charge in [0.25, 0.3) is 0 Å². The molecule has 0 aromatic carbocycles. The van der Waals surface area contributed by atoms with Gasteiger partial charge in [-0.2, -0.15) is 4.57 Å². The zero-order chi connectivity index (χ0) is 17.1. The van der Waals surface area contributed by atoms with Gasteiger partial charge in [-0.05, 0) is 42.5 Å². The molecule has 120 valence electrons. The summed E-state index contributed by atoms with van der Waals surface area (Å²) in [6, 6.07) is 22.0. The van der Waals surface area contributed by atoms with Crippen LogP contribution in [0.1, 0.15) is 0 Å². The van der Waals surface area contributed by atoms with Crippen molar-refractivity contribution in [3.63, 3.8) is 0 Å². The van der Waals surface area contributed by atoms with Crippen molar-refractivity contribution in [3.8, 4) is 34.0 Å². The molecule has 0 N–H and O–H groups in total. The fourth-order valence-corrected chi connectivity index (χ4v) is 2.84. The molecule has 4 aromatic heterocycles. The van der Waals surface area contributed by atoms with Crippen LogP contribution in [0.3, 0.4) is 0 Å². The molecule has 0 atom stereocenters. The van der Waals surface area contributed by atoms with Crippen LogP contribution in [0.15, 0.2) is 85.3 Å². The SMILES string of the molecule is C[n+]1ccccc1-c1cccc(-c2cccnc2-c2ccccn2)n1. The molecule has 0 spiro atoms. The maximum Gasteiger partial charge on any atom is 0.230 e. The Hall–Kier alpha value is -3.40. The Morgan fingerprint density at radius 2 is 1.48 bits per heavy atom. The Kier molecular flexibility index (Phi) is 4.01. The van der Waals surface area contributed by atoms with E-state index < -0.39 is 0 Å². The van der Waals surface area contributed by atoms with Crippen molar-refractivity contribution in [2.45, 2.75) is 0 Å². The normalized spacial score (nSPS) is 10.6. The summed E-state index contributed by atoms with van der Waals surface area (Å²) in [5.41, 5.74) is 5.53. The van der Waals surface area contributed by atoms with Crippen LogP contribution in [-0.4, -0.2) is 15.0 Å². The van der Waals surface area contributed by atoms with Crippen LogP contribution in [-0.2, 0) is 7.05 Å². The van der Waals surface area contributed by atoms with E-state index in [1.165, 1.54) is 0 Å². The van der Waals surface area contributed by atoms with Gasteiger partial charge in [-0.1, -0.05) is 12.1 Å². The van der Waals surface area contributed by atoms with Crippen LogP contribution >= 0.6 is 0 Å². The predicted octanol–water partition coefficient (Wildman–Crippen LogP) is 3.70. The molecule has 0 bridgehead atoms. The molecule has 0 aliphatic carbocycles. The highest BCUT2D eigenvalue weighted by Crippen LogP contribution is 2.28. The summed E-state index contributed by atoms with van der Waals surface area (Å²) >= 11 is 0. The summed E-state index contributed by atoms with van der Waals surface area (Å²) in [5, 5.41) is 0. The van der Waals surface area contributed by atoms with E-state index in [4.69, 9.17) is 4.98 Å². The van der Waals surface area contributed by atoms with Gasteiger partial charge in [0, 0.05) is 30.1 Å². The van der Waals surface area contributed by atoms with Crippen molar-refractivity contribution in [2.75, 3.05) is 0 Å². The standard InChI is InChI=1S/C21H17N4/c1-25-15-5-3-12-20(25)18-11-6-10-17(24-18)16-8-7-14-23-21(16)19-9-2-4-13-22-19/h2-15H,1H3/q+1. The third-order valence-corrected chi connectivity index (χ3v) is 4.06. The summed E-state index contributed by atoms with van der Waals surface area (Å²) in [6.45, 7) is 0. The molecular formula is C21H17N4+. The third kappa shape index (κ3) is 3.02. The molecule has 0 aliphatic heterocycles. The van der Waals surface area contributed by atoms with Crippen molar-refractivity contribution >= 4 is 0 Å². The van der Waals surface area contributed by atoms with Crippen molar-refractivity contribution < 1.29 is 4.57 Å². The van der Waals surface area contributed by atoms with E-state index in [0.29, 0.717) is 0 Å². The van der Waals surface area contributed by atoms with E-state index >= 15 is 0 Å². The Labute approximate surface area is 146 Å². The molecule has 25 heavy (non-hydrogen) atoms. The lowest BCUT2D eigenvalue weighted by Crippen LogP contribution is -2.30. The first-order chi connectivity index (χ1) is 12.3. The van der Waals surface area contributed by atoms with Crippen molar-refractivity contribution in [1.29, 1.82) is 0 Å². The fourth-order valence-electron chi connectivity index (χ4n) is 2.84. The van der Waals surface area contributed by atoms with Crippen molar-refractivity contribution in [3.05, 3.63) is 85.3 Å². The second-order valence-corrected chi connectivity index (χ2v) is 5.72. The maximum atomic E-state index is 4.87.